The Balaban J connectivity index is 1.81. The SMILES string of the molecule is NC12C3C4C1C1C2C3C41C=O. The van der Waals surface area contributed by atoms with E-state index in [1.54, 1.807) is 0 Å². The largest absolute Gasteiger partial charge is 0.324 e. The van der Waals surface area contributed by atoms with E-state index in [1.165, 1.54) is 6.29 Å². The second-order valence-corrected chi connectivity index (χ2v) is 5.27. The van der Waals surface area contributed by atoms with E-state index < -0.39 is 0 Å². The van der Waals surface area contributed by atoms with Gasteiger partial charge in [-0.2, -0.15) is 0 Å². The quantitative estimate of drug-likeness (QED) is 0.514. The summed E-state index contributed by atoms with van der Waals surface area (Å²) in [5.74, 6) is 4.70. The molecule has 0 heterocycles. The number of rotatable bonds is 1. The van der Waals surface area contributed by atoms with Crippen LogP contribution in [0.1, 0.15) is 0 Å². The summed E-state index contributed by atoms with van der Waals surface area (Å²) in [6.45, 7) is 0. The Morgan fingerprint density at radius 1 is 1.00 bits per heavy atom. The summed E-state index contributed by atoms with van der Waals surface area (Å²) in [7, 11) is 0. The first-order valence-corrected chi connectivity index (χ1v) is 4.55. The van der Waals surface area contributed by atoms with Gasteiger partial charge in [0.15, 0.2) is 0 Å². The van der Waals surface area contributed by atoms with Gasteiger partial charge in [-0.1, -0.05) is 0 Å². The van der Waals surface area contributed by atoms with Crippen LogP contribution in [-0.2, 0) is 4.79 Å². The van der Waals surface area contributed by atoms with Gasteiger partial charge in [0.2, 0.25) is 0 Å². The fourth-order valence-electron chi connectivity index (χ4n) is 5.93. The molecule has 2 heteroatoms. The number of aldehydes is 1. The van der Waals surface area contributed by atoms with Crippen LogP contribution in [0, 0.1) is 40.9 Å². The Hall–Kier alpha value is -0.370. The molecule has 6 aliphatic carbocycles. The molecule has 6 fully saturated rings. The van der Waals surface area contributed by atoms with Gasteiger partial charge in [-0.3, -0.25) is 0 Å². The maximum atomic E-state index is 10.9. The molecule has 0 radical (unpaired) electrons. The predicted molar refractivity (Wildman–Crippen MR) is 36.4 cm³/mol. The van der Waals surface area contributed by atoms with E-state index in [0.717, 1.165) is 35.5 Å². The predicted octanol–water partition coefficient (Wildman–Crippen LogP) is -0.366. The second-order valence-electron chi connectivity index (χ2n) is 5.27. The molecule has 56 valence electrons. The molecule has 6 saturated carbocycles. The standard InChI is InChI=1S/C9H9NO/c10-9-5-2-6(9)4-7(9)3(5)8(2,4)1-11/h1-7H,10H2. The topological polar surface area (TPSA) is 43.1 Å². The average Bonchev–Trinajstić information content (AvgIpc) is 2.06. The van der Waals surface area contributed by atoms with Gasteiger partial charge < -0.3 is 10.5 Å². The molecule has 0 aliphatic heterocycles. The van der Waals surface area contributed by atoms with Gasteiger partial charge in [-0.05, 0) is 35.5 Å². The van der Waals surface area contributed by atoms with Gasteiger partial charge in [0.05, 0.1) is 0 Å². The summed E-state index contributed by atoms with van der Waals surface area (Å²) >= 11 is 0. The third-order valence-electron chi connectivity index (χ3n) is 5.99. The zero-order valence-electron chi connectivity index (χ0n) is 6.03. The van der Waals surface area contributed by atoms with Crippen molar-refractivity contribution in [2.45, 2.75) is 5.54 Å². The zero-order chi connectivity index (χ0) is 7.17. The molecule has 0 atom stereocenters. The van der Waals surface area contributed by atoms with Crippen LogP contribution in [0.15, 0.2) is 0 Å². The van der Waals surface area contributed by atoms with Crippen LogP contribution in [0.4, 0.5) is 0 Å². The Morgan fingerprint density at radius 3 is 1.82 bits per heavy atom. The minimum absolute atomic E-state index is 0.223. The molecule has 0 aromatic carbocycles. The van der Waals surface area contributed by atoms with E-state index in [4.69, 9.17) is 5.73 Å². The summed E-state index contributed by atoms with van der Waals surface area (Å²) < 4.78 is 0. The van der Waals surface area contributed by atoms with Gasteiger partial charge in [-0.25, -0.2) is 0 Å². The van der Waals surface area contributed by atoms with Crippen molar-refractivity contribution in [2.75, 3.05) is 0 Å². The van der Waals surface area contributed by atoms with Crippen molar-refractivity contribution in [1.82, 2.24) is 0 Å². The minimum atomic E-state index is 0.223. The summed E-state index contributed by atoms with van der Waals surface area (Å²) in [4.78, 5) is 10.9. The Labute approximate surface area is 64.1 Å². The van der Waals surface area contributed by atoms with Gasteiger partial charge in [0.1, 0.15) is 6.29 Å². The first kappa shape index (κ1) is 4.61. The van der Waals surface area contributed by atoms with E-state index in [0.29, 0.717) is 0 Å². The van der Waals surface area contributed by atoms with E-state index in [-0.39, 0.29) is 11.0 Å². The number of carbonyl (C=O) groups is 1. The molecule has 0 saturated heterocycles. The van der Waals surface area contributed by atoms with Crippen LogP contribution in [-0.4, -0.2) is 11.8 Å². The van der Waals surface area contributed by atoms with Crippen molar-refractivity contribution in [3.63, 3.8) is 0 Å². The average molecular weight is 147 g/mol. The lowest BCUT2D eigenvalue weighted by Crippen LogP contribution is -3.15. The molecule has 6 aliphatic rings. The molecule has 0 amide bonds. The molecule has 11 heavy (non-hydrogen) atoms. The number of carbonyl (C=O) groups excluding carboxylic acids is 1. The molecule has 0 aromatic rings. The van der Waals surface area contributed by atoms with Crippen LogP contribution in [0.5, 0.6) is 0 Å². The van der Waals surface area contributed by atoms with Crippen LogP contribution in [0.25, 0.3) is 0 Å². The van der Waals surface area contributed by atoms with E-state index in [2.05, 4.69) is 0 Å². The number of nitrogens with two attached hydrogens (primary N) is 1. The van der Waals surface area contributed by atoms with E-state index in [1.807, 2.05) is 0 Å². The third-order valence-corrected chi connectivity index (χ3v) is 5.99. The summed E-state index contributed by atoms with van der Waals surface area (Å²) in [6.07, 6.45) is 1.26. The van der Waals surface area contributed by atoms with Crippen LogP contribution in [0.3, 0.4) is 0 Å². The van der Waals surface area contributed by atoms with Crippen LogP contribution in [0.2, 0.25) is 0 Å². The molecule has 0 unspecified atom stereocenters. The minimum Gasteiger partial charge on any atom is -0.324 e. The fourth-order valence-corrected chi connectivity index (χ4v) is 5.93. The molecule has 0 spiro atoms. The van der Waals surface area contributed by atoms with Crippen molar-refractivity contribution in [1.29, 1.82) is 0 Å². The lowest BCUT2D eigenvalue weighted by molar-refractivity contribution is -0.599. The summed E-state index contributed by atoms with van der Waals surface area (Å²) in [5.41, 5.74) is 6.69. The molecule has 2 nitrogen and oxygen atoms in total. The number of hydrogen-bond acceptors (Lipinski definition) is 2. The van der Waals surface area contributed by atoms with Gasteiger partial charge in [0.25, 0.3) is 0 Å². The maximum absolute atomic E-state index is 10.9. The fraction of sp³-hybridized carbons (Fsp3) is 0.889. The van der Waals surface area contributed by atoms with Crippen molar-refractivity contribution < 1.29 is 4.79 Å². The summed E-state index contributed by atoms with van der Waals surface area (Å²) in [5, 5.41) is 0. The molecule has 6 rings (SSSR count). The van der Waals surface area contributed by atoms with Crippen LogP contribution < -0.4 is 5.73 Å². The lowest BCUT2D eigenvalue weighted by atomic mass is 8.94. The van der Waals surface area contributed by atoms with Crippen molar-refractivity contribution in [3.8, 4) is 0 Å². The van der Waals surface area contributed by atoms with Crippen molar-refractivity contribution in [3.05, 3.63) is 0 Å². The molecule has 0 aromatic heterocycles. The monoisotopic (exact) mass is 147 g/mol. The smallest absolute Gasteiger partial charge is 0.127 e. The Kier molecular flexibility index (Phi) is 0.320. The van der Waals surface area contributed by atoms with E-state index in [9.17, 15) is 4.79 Å². The highest BCUT2D eigenvalue weighted by Gasteiger charge is 3.09. The van der Waals surface area contributed by atoms with Gasteiger partial charge in [-0.15, -0.1) is 0 Å². The van der Waals surface area contributed by atoms with Crippen LogP contribution >= 0.6 is 0 Å². The molecule has 2 N–H and O–H groups in total. The van der Waals surface area contributed by atoms with Gasteiger partial charge >= 0.3 is 0 Å². The molecular weight excluding hydrogens is 138 g/mol. The summed E-state index contributed by atoms with van der Waals surface area (Å²) in [6, 6.07) is 0. The second kappa shape index (κ2) is 0.764. The van der Waals surface area contributed by atoms with Gasteiger partial charge in [0, 0.05) is 11.0 Å². The highest BCUT2D eigenvalue weighted by molar-refractivity contribution is 5.79. The Bertz CT molecular complexity index is 281. The highest BCUT2D eigenvalue weighted by Crippen LogP contribution is 3.05. The van der Waals surface area contributed by atoms with Crippen molar-refractivity contribution >= 4 is 6.29 Å². The number of hydrogen-bond donors (Lipinski definition) is 1. The Morgan fingerprint density at radius 2 is 1.45 bits per heavy atom. The maximum Gasteiger partial charge on any atom is 0.127 e. The third kappa shape index (κ3) is 0.143. The van der Waals surface area contributed by atoms with Crippen molar-refractivity contribution in [2.24, 2.45) is 46.7 Å². The first-order valence-electron chi connectivity index (χ1n) is 4.55. The molecular formula is C9H9NO. The lowest BCUT2D eigenvalue weighted by Gasteiger charge is -3.09. The normalized spacial score (nSPS) is 95.0. The zero-order valence-corrected chi connectivity index (χ0v) is 6.03. The first-order chi connectivity index (χ1) is 5.29. The molecule has 0 bridgehead atoms. The highest BCUT2D eigenvalue weighted by atomic mass is 16.1. The van der Waals surface area contributed by atoms with E-state index >= 15 is 0 Å².